The first-order valence-electron chi connectivity index (χ1n) is 14.5. The molecule has 190 valence electrons. The number of rotatable bonds is 25. The maximum Gasteiger partial charge on any atom is 0.306 e. The van der Waals surface area contributed by atoms with E-state index in [1.54, 1.807) is 0 Å². The van der Waals surface area contributed by atoms with Crippen LogP contribution in [0.5, 0.6) is 0 Å². The van der Waals surface area contributed by atoms with Crippen molar-refractivity contribution < 1.29 is 9.90 Å². The Labute approximate surface area is 202 Å². The molecule has 0 heterocycles. The molecular weight excluding hydrogens is 392 g/mol. The highest BCUT2D eigenvalue weighted by Crippen LogP contribution is 2.29. The summed E-state index contributed by atoms with van der Waals surface area (Å²) in [5.41, 5.74) is 0. The van der Waals surface area contributed by atoms with Crippen LogP contribution in [0, 0.1) is 11.8 Å². The summed E-state index contributed by atoms with van der Waals surface area (Å²) in [5.74, 6) is -0.277. The van der Waals surface area contributed by atoms with Gasteiger partial charge in [0.1, 0.15) is 0 Å². The molecule has 0 aromatic rings. The van der Waals surface area contributed by atoms with Crippen molar-refractivity contribution in [2.24, 2.45) is 11.8 Å². The second-order valence-electron chi connectivity index (χ2n) is 10.1. The Balaban J connectivity index is 3.98. The molecule has 0 aliphatic carbocycles. The van der Waals surface area contributed by atoms with Crippen molar-refractivity contribution >= 4 is 5.97 Å². The molecule has 0 rings (SSSR count). The summed E-state index contributed by atoms with van der Waals surface area (Å²) >= 11 is 0. The molecule has 0 aromatic carbocycles. The minimum atomic E-state index is -0.544. The van der Waals surface area contributed by atoms with Gasteiger partial charge in [-0.25, -0.2) is 0 Å². The Hall–Kier alpha value is -0.790. The van der Waals surface area contributed by atoms with Gasteiger partial charge in [0.05, 0.1) is 5.92 Å². The van der Waals surface area contributed by atoms with Gasteiger partial charge in [-0.05, 0) is 50.9 Å². The molecule has 0 radical (unpaired) electrons. The number of hydrogen-bond donors (Lipinski definition) is 1. The van der Waals surface area contributed by atoms with Crippen LogP contribution < -0.4 is 0 Å². The number of unbranched alkanes of at least 4 members (excludes halogenated alkanes) is 15. The fraction of sp³-hybridized carbons (Fsp3) is 0.900. The van der Waals surface area contributed by atoms with Gasteiger partial charge < -0.3 is 5.11 Å². The largest absolute Gasteiger partial charge is 0.481 e. The van der Waals surface area contributed by atoms with E-state index in [1.807, 2.05) is 0 Å². The minimum absolute atomic E-state index is 0.120. The molecule has 2 atom stereocenters. The Kier molecular flexibility index (Phi) is 24.2. The SMILES string of the molecule is CCCCCCCC/C=C\CCCCCCC(C(=O)O)C(CCCC)CCCCCCC. The number of aliphatic carboxylic acids is 1. The van der Waals surface area contributed by atoms with Crippen molar-refractivity contribution in [3.05, 3.63) is 12.2 Å². The highest BCUT2D eigenvalue weighted by Gasteiger charge is 2.26. The average Bonchev–Trinajstić information content (AvgIpc) is 2.78. The fourth-order valence-corrected chi connectivity index (χ4v) is 4.84. The third-order valence-electron chi connectivity index (χ3n) is 7.02. The summed E-state index contributed by atoms with van der Waals surface area (Å²) in [6.07, 6.45) is 32.0. The van der Waals surface area contributed by atoms with Crippen molar-refractivity contribution in [3.63, 3.8) is 0 Å². The highest BCUT2D eigenvalue weighted by molar-refractivity contribution is 5.70. The Bertz CT molecular complexity index is 415. The summed E-state index contributed by atoms with van der Waals surface area (Å²) in [6.45, 7) is 6.74. The zero-order chi connectivity index (χ0) is 23.7. The van der Waals surface area contributed by atoms with E-state index in [2.05, 4.69) is 32.9 Å². The molecule has 2 unspecified atom stereocenters. The molecule has 2 heteroatoms. The predicted molar refractivity (Wildman–Crippen MR) is 142 cm³/mol. The summed E-state index contributed by atoms with van der Waals surface area (Å²) in [7, 11) is 0. The highest BCUT2D eigenvalue weighted by atomic mass is 16.4. The van der Waals surface area contributed by atoms with Crippen LogP contribution in [0.1, 0.15) is 162 Å². The molecule has 2 nitrogen and oxygen atoms in total. The van der Waals surface area contributed by atoms with Crippen LogP contribution in [-0.2, 0) is 4.79 Å². The zero-order valence-corrected chi connectivity index (χ0v) is 22.2. The van der Waals surface area contributed by atoms with E-state index in [1.165, 1.54) is 116 Å². The van der Waals surface area contributed by atoms with Crippen molar-refractivity contribution in [2.75, 3.05) is 0 Å². The van der Waals surface area contributed by atoms with E-state index in [9.17, 15) is 9.90 Å². The first-order valence-corrected chi connectivity index (χ1v) is 14.5. The maximum atomic E-state index is 12.0. The first kappa shape index (κ1) is 31.2. The lowest BCUT2D eigenvalue weighted by Crippen LogP contribution is -2.24. The van der Waals surface area contributed by atoms with Gasteiger partial charge in [0.15, 0.2) is 0 Å². The third-order valence-corrected chi connectivity index (χ3v) is 7.02. The molecule has 0 aliphatic rings. The number of allylic oxidation sites excluding steroid dienone is 2. The van der Waals surface area contributed by atoms with E-state index in [4.69, 9.17) is 0 Å². The van der Waals surface area contributed by atoms with E-state index >= 15 is 0 Å². The van der Waals surface area contributed by atoms with Crippen LogP contribution in [0.3, 0.4) is 0 Å². The molecule has 0 saturated carbocycles. The van der Waals surface area contributed by atoms with Gasteiger partial charge >= 0.3 is 5.97 Å². The van der Waals surface area contributed by atoms with Gasteiger partial charge in [0, 0.05) is 0 Å². The summed E-state index contributed by atoms with van der Waals surface area (Å²) in [6, 6.07) is 0. The molecule has 0 fully saturated rings. The van der Waals surface area contributed by atoms with E-state index in [0.29, 0.717) is 5.92 Å². The molecule has 0 aromatic heterocycles. The fourth-order valence-electron chi connectivity index (χ4n) is 4.84. The summed E-state index contributed by atoms with van der Waals surface area (Å²) < 4.78 is 0. The van der Waals surface area contributed by atoms with Crippen LogP contribution in [0.2, 0.25) is 0 Å². The third kappa shape index (κ3) is 19.9. The van der Waals surface area contributed by atoms with Gasteiger partial charge in [0.25, 0.3) is 0 Å². The second-order valence-corrected chi connectivity index (χ2v) is 10.1. The van der Waals surface area contributed by atoms with Crippen LogP contribution >= 0.6 is 0 Å². The Morgan fingerprint density at radius 3 is 1.47 bits per heavy atom. The lowest BCUT2D eigenvalue weighted by molar-refractivity contribution is -0.144. The second kappa shape index (κ2) is 24.8. The molecule has 0 amide bonds. The molecule has 1 N–H and O–H groups in total. The van der Waals surface area contributed by atoms with Crippen LogP contribution in [0.4, 0.5) is 0 Å². The van der Waals surface area contributed by atoms with Crippen molar-refractivity contribution in [1.29, 1.82) is 0 Å². The van der Waals surface area contributed by atoms with Gasteiger partial charge in [-0.15, -0.1) is 0 Å². The Morgan fingerprint density at radius 1 is 0.562 bits per heavy atom. The molecule has 0 spiro atoms. The lowest BCUT2D eigenvalue weighted by atomic mass is 9.81. The average molecular weight is 451 g/mol. The van der Waals surface area contributed by atoms with Crippen molar-refractivity contribution in [1.82, 2.24) is 0 Å². The van der Waals surface area contributed by atoms with Crippen LogP contribution in [0.25, 0.3) is 0 Å². The molecule has 0 bridgehead atoms. The standard InChI is InChI=1S/C30H58O2/c1-4-7-10-12-13-14-15-16-17-18-19-20-22-24-27-29(30(31)32)28(25-9-6-3)26-23-21-11-8-5-2/h16-17,28-29H,4-15,18-27H2,1-3H3,(H,31,32)/b17-16-. The predicted octanol–water partition coefficient (Wildman–Crippen LogP) is 10.5. The zero-order valence-electron chi connectivity index (χ0n) is 22.2. The summed E-state index contributed by atoms with van der Waals surface area (Å²) in [5, 5.41) is 9.88. The summed E-state index contributed by atoms with van der Waals surface area (Å²) in [4.78, 5) is 12.0. The lowest BCUT2D eigenvalue weighted by Gasteiger charge is -2.24. The van der Waals surface area contributed by atoms with Gasteiger partial charge in [-0.2, -0.15) is 0 Å². The monoisotopic (exact) mass is 450 g/mol. The Morgan fingerprint density at radius 2 is 0.969 bits per heavy atom. The first-order chi connectivity index (χ1) is 15.7. The van der Waals surface area contributed by atoms with Gasteiger partial charge in [0.2, 0.25) is 0 Å². The number of hydrogen-bond acceptors (Lipinski definition) is 1. The normalized spacial score (nSPS) is 13.6. The van der Waals surface area contributed by atoms with E-state index in [0.717, 1.165) is 25.7 Å². The van der Waals surface area contributed by atoms with Crippen molar-refractivity contribution in [2.45, 2.75) is 162 Å². The minimum Gasteiger partial charge on any atom is -0.481 e. The van der Waals surface area contributed by atoms with E-state index in [-0.39, 0.29) is 5.92 Å². The number of carboxylic acid groups (broad SMARTS) is 1. The van der Waals surface area contributed by atoms with Crippen LogP contribution in [0.15, 0.2) is 12.2 Å². The van der Waals surface area contributed by atoms with Crippen LogP contribution in [-0.4, -0.2) is 11.1 Å². The van der Waals surface area contributed by atoms with Gasteiger partial charge in [-0.3, -0.25) is 4.79 Å². The van der Waals surface area contributed by atoms with Crippen molar-refractivity contribution in [3.8, 4) is 0 Å². The van der Waals surface area contributed by atoms with Gasteiger partial charge in [-0.1, -0.05) is 129 Å². The maximum absolute atomic E-state index is 12.0. The molecular formula is C30H58O2. The molecule has 0 aliphatic heterocycles. The topological polar surface area (TPSA) is 37.3 Å². The quantitative estimate of drug-likeness (QED) is 0.111. The van der Waals surface area contributed by atoms with E-state index < -0.39 is 5.97 Å². The smallest absolute Gasteiger partial charge is 0.306 e. The molecule has 0 saturated heterocycles. The number of carbonyl (C=O) groups is 1. The number of carboxylic acids is 1. The molecule has 32 heavy (non-hydrogen) atoms.